The highest BCUT2D eigenvalue weighted by molar-refractivity contribution is 5.70. The molecule has 0 N–H and O–H groups in total. The number of hydrogen-bond acceptors (Lipinski definition) is 6. The molecule has 0 amide bonds. The molecule has 230 valence electrons. The van der Waals surface area contributed by atoms with Gasteiger partial charge in [-0.15, -0.1) is 0 Å². The van der Waals surface area contributed by atoms with Crippen molar-refractivity contribution in [1.29, 1.82) is 0 Å². The minimum absolute atomic E-state index is 0.246. The molecule has 3 aromatic rings. The Morgan fingerprint density at radius 1 is 0.977 bits per heavy atom. The smallest absolute Gasteiger partial charge is 0.182 e. The number of rotatable bonds is 12. The van der Waals surface area contributed by atoms with Crippen LogP contribution in [0.1, 0.15) is 82.4 Å². The van der Waals surface area contributed by atoms with Crippen molar-refractivity contribution in [3.05, 3.63) is 84.0 Å². The summed E-state index contributed by atoms with van der Waals surface area (Å²) in [7, 11) is 3.45. The van der Waals surface area contributed by atoms with E-state index in [9.17, 15) is 0 Å². The molecule has 2 aliphatic rings. The van der Waals surface area contributed by atoms with Crippen LogP contribution in [0.5, 0.6) is 11.5 Å². The SMILES string of the molecule is C=C(OC(C)(C)C)N1CCC(N(Cc2cncc(-c3cc(OC)c(OC)c(C4CC4)c3)c2)c2ccccc2CCC)CC1. The number of pyridine rings is 1. The van der Waals surface area contributed by atoms with E-state index in [0.717, 1.165) is 73.8 Å². The largest absolute Gasteiger partial charge is 0.493 e. The Hall–Kier alpha value is -3.67. The Bertz CT molecular complexity index is 1400. The number of likely N-dealkylation sites (tertiary alicyclic amines) is 1. The van der Waals surface area contributed by atoms with Gasteiger partial charge < -0.3 is 24.0 Å². The Balaban J connectivity index is 1.43. The number of benzene rings is 2. The first-order valence-corrected chi connectivity index (χ1v) is 15.9. The first-order valence-electron chi connectivity index (χ1n) is 15.9. The lowest BCUT2D eigenvalue weighted by Gasteiger charge is -2.42. The van der Waals surface area contributed by atoms with Crippen LogP contribution in [-0.4, -0.2) is 48.8 Å². The van der Waals surface area contributed by atoms with Crippen LogP contribution in [0.2, 0.25) is 0 Å². The monoisotopic (exact) mass is 583 g/mol. The molecule has 5 rings (SSSR count). The fourth-order valence-electron chi connectivity index (χ4n) is 6.31. The summed E-state index contributed by atoms with van der Waals surface area (Å²) >= 11 is 0. The van der Waals surface area contributed by atoms with Crippen LogP contribution in [-0.2, 0) is 17.7 Å². The van der Waals surface area contributed by atoms with E-state index in [1.165, 1.54) is 35.2 Å². The van der Waals surface area contributed by atoms with Crippen molar-refractivity contribution in [3.63, 3.8) is 0 Å². The second-order valence-electron chi connectivity index (χ2n) is 13.0. The minimum Gasteiger partial charge on any atom is -0.493 e. The number of ether oxygens (including phenoxy) is 3. The third kappa shape index (κ3) is 7.46. The highest BCUT2D eigenvalue weighted by atomic mass is 16.5. The molecule has 0 unspecified atom stereocenters. The first-order chi connectivity index (χ1) is 20.7. The zero-order valence-electron chi connectivity index (χ0n) is 27.0. The van der Waals surface area contributed by atoms with E-state index >= 15 is 0 Å². The van der Waals surface area contributed by atoms with Gasteiger partial charge in [0.05, 0.1) is 14.2 Å². The van der Waals surface area contributed by atoms with Crippen molar-refractivity contribution in [3.8, 4) is 22.6 Å². The summed E-state index contributed by atoms with van der Waals surface area (Å²) in [4.78, 5) is 9.66. The average molecular weight is 584 g/mol. The second-order valence-corrected chi connectivity index (χ2v) is 13.0. The van der Waals surface area contributed by atoms with Gasteiger partial charge in [0.15, 0.2) is 17.4 Å². The van der Waals surface area contributed by atoms with Crippen LogP contribution in [0.3, 0.4) is 0 Å². The third-order valence-electron chi connectivity index (χ3n) is 8.51. The maximum atomic E-state index is 6.11. The van der Waals surface area contributed by atoms with Crippen molar-refractivity contribution < 1.29 is 14.2 Å². The first kappa shape index (κ1) is 30.8. The second kappa shape index (κ2) is 13.3. The van der Waals surface area contributed by atoms with Gasteiger partial charge in [-0.05, 0) is 106 Å². The summed E-state index contributed by atoms with van der Waals surface area (Å²) in [6.07, 6.45) is 10.7. The topological polar surface area (TPSA) is 47.1 Å². The lowest BCUT2D eigenvalue weighted by molar-refractivity contribution is -0.00297. The van der Waals surface area contributed by atoms with Crippen LogP contribution < -0.4 is 14.4 Å². The van der Waals surface area contributed by atoms with Crippen molar-refractivity contribution in [1.82, 2.24) is 9.88 Å². The third-order valence-corrected chi connectivity index (χ3v) is 8.51. The van der Waals surface area contributed by atoms with E-state index in [2.05, 4.69) is 86.5 Å². The fourth-order valence-corrected chi connectivity index (χ4v) is 6.31. The normalized spacial score (nSPS) is 15.7. The van der Waals surface area contributed by atoms with Crippen LogP contribution in [0, 0.1) is 0 Å². The summed E-state index contributed by atoms with van der Waals surface area (Å²) in [5.74, 6) is 2.97. The number of methoxy groups -OCH3 is 2. The highest BCUT2D eigenvalue weighted by Gasteiger charge is 2.30. The molecule has 1 aliphatic heterocycles. The summed E-state index contributed by atoms with van der Waals surface area (Å²) < 4.78 is 17.6. The van der Waals surface area contributed by atoms with Gasteiger partial charge in [0, 0.05) is 54.9 Å². The molecule has 2 heterocycles. The number of nitrogens with zero attached hydrogens (tertiary/aromatic N) is 3. The molecule has 1 saturated carbocycles. The van der Waals surface area contributed by atoms with Gasteiger partial charge in [0.2, 0.25) is 0 Å². The maximum absolute atomic E-state index is 6.11. The summed E-state index contributed by atoms with van der Waals surface area (Å²) in [6, 6.07) is 16.0. The van der Waals surface area contributed by atoms with Crippen LogP contribution >= 0.6 is 0 Å². The van der Waals surface area contributed by atoms with E-state index in [0.29, 0.717) is 12.0 Å². The van der Waals surface area contributed by atoms with Crippen LogP contribution in [0.4, 0.5) is 5.69 Å². The number of anilines is 1. The number of aromatic nitrogens is 1. The molecule has 0 bridgehead atoms. The molecule has 1 aromatic heterocycles. The molecule has 1 aliphatic carbocycles. The van der Waals surface area contributed by atoms with Gasteiger partial charge in [-0.1, -0.05) is 31.5 Å². The molecule has 6 heteroatoms. The van der Waals surface area contributed by atoms with E-state index in [4.69, 9.17) is 19.2 Å². The van der Waals surface area contributed by atoms with E-state index in [-0.39, 0.29) is 5.60 Å². The molecular weight excluding hydrogens is 534 g/mol. The molecular formula is C37H49N3O3. The molecule has 0 radical (unpaired) electrons. The lowest BCUT2D eigenvalue weighted by Crippen LogP contribution is -2.45. The van der Waals surface area contributed by atoms with Crippen LogP contribution in [0.25, 0.3) is 11.1 Å². The van der Waals surface area contributed by atoms with Crippen molar-refractivity contribution >= 4 is 5.69 Å². The number of aryl methyl sites for hydroxylation is 1. The molecule has 0 spiro atoms. The Labute approximate surface area is 258 Å². The van der Waals surface area contributed by atoms with Gasteiger partial charge in [-0.25, -0.2) is 0 Å². The zero-order chi connectivity index (χ0) is 30.6. The summed E-state index contributed by atoms with van der Waals surface area (Å²) in [5, 5.41) is 0. The number of hydrogen-bond donors (Lipinski definition) is 0. The van der Waals surface area contributed by atoms with E-state index < -0.39 is 0 Å². The Morgan fingerprint density at radius 2 is 1.72 bits per heavy atom. The molecule has 1 saturated heterocycles. The maximum Gasteiger partial charge on any atom is 0.182 e. The van der Waals surface area contributed by atoms with Gasteiger partial charge in [0.25, 0.3) is 0 Å². The van der Waals surface area contributed by atoms with Crippen molar-refractivity contribution in [2.45, 2.75) is 90.3 Å². The van der Waals surface area contributed by atoms with Gasteiger partial charge in [-0.2, -0.15) is 0 Å². The van der Waals surface area contributed by atoms with Crippen molar-refractivity contribution in [2.24, 2.45) is 0 Å². The molecule has 6 nitrogen and oxygen atoms in total. The standard InChI is InChI=1S/C37H49N3O3/c1-8-11-29-12-9-10-13-34(29)40(32-16-18-39(19-17-32)26(2)43-37(3,4)5)25-27-20-31(24-38-23-27)30-21-33(28-14-15-28)36(42-7)35(22-30)41-6/h9-10,12-13,20-24,28,32H,2,8,11,14-19,25H2,1,3-7H3. The van der Waals surface area contributed by atoms with Crippen molar-refractivity contribution in [2.75, 3.05) is 32.2 Å². The van der Waals surface area contributed by atoms with Gasteiger partial charge in [-0.3, -0.25) is 4.98 Å². The Morgan fingerprint density at radius 3 is 2.37 bits per heavy atom. The van der Waals surface area contributed by atoms with E-state index in [1.807, 2.05) is 12.4 Å². The number of para-hydroxylation sites is 1. The predicted molar refractivity (Wildman–Crippen MR) is 176 cm³/mol. The molecule has 2 fully saturated rings. The number of piperidine rings is 1. The fraction of sp³-hybridized carbons (Fsp3) is 0.486. The molecule has 0 atom stereocenters. The van der Waals surface area contributed by atoms with E-state index in [1.54, 1.807) is 14.2 Å². The lowest BCUT2D eigenvalue weighted by atomic mass is 9.97. The average Bonchev–Trinajstić information content (AvgIpc) is 3.85. The van der Waals surface area contributed by atoms with Crippen LogP contribution in [0.15, 0.2) is 67.3 Å². The highest BCUT2D eigenvalue weighted by Crippen LogP contribution is 2.49. The molecule has 2 aromatic carbocycles. The zero-order valence-corrected chi connectivity index (χ0v) is 27.0. The Kier molecular flexibility index (Phi) is 9.53. The van der Waals surface area contributed by atoms with Gasteiger partial charge in [0.1, 0.15) is 5.60 Å². The summed E-state index contributed by atoms with van der Waals surface area (Å²) in [6.45, 7) is 15.4. The van der Waals surface area contributed by atoms with Gasteiger partial charge >= 0.3 is 0 Å². The predicted octanol–water partition coefficient (Wildman–Crippen LogP) is 8.35. The molecule has 43 heavy (non-hydrogen) atoms. The summed E-state index contributed by atoms with van der Waals surface area (Å²) in [5.41, 5.74) is 7.16. The minimum atomic E-state index is -0.246. The quantitative estimate of drug-likeness (QED) is 0.200.